The van der Waals surface area contributed by atoms with Crippen LogP contribution in [0.5, 0.6) is 0 Å². The number of rotatable bonds is 5. The Morgan fingerprint density at radius 1 is 1.12 bits per heavy atom. The van der Waals surface area contributed by atoms with Gasteiger partial charge in [0.25, 0.3) is 5.91 Å². The van der Waals surface area contributed by atoms with Gasteiger partial charge in [0.05, 0.1) is 28.2 Å². The predicted octanol–water partition coefficient (Wildman–Crippen LogP) is 2.61. The fraction of sp³-hybridized carbons (Fsp3) is 0.118. The molecule has 0 unspecified atom stereocenters. The van der Waals surface area contributed by atoms with E-state index in [1.54, 1.807) is 42.9 Å². The summed E-state index contributed by atoms with van der Waals surface area (Å²) in [6.07, 6.45) is 4.65. The molecule has 6 nitrogen and oxygen atoms in total. The summed E-state index contributed by atoms with van der Waals surface area (Å²) in [5.74, 6) is -0.346. The molecule has 0 bridgehead atoms. The Hall–Kier alpha value is -2.58. The third kappa shape index (κ3) is 3.92. The first-order valence-corrected chi connectivity index (χ1v) is 9.71. The molecular weight excluding hydrogens is 358 g/mol. The van der Waals surface area contributed by atoms with Crippen LogP contribution < -0.4 is 5.32 Å². The van der Waals surface area contributed by atoms with Gasteiger partial charge in [0.2, 0.25) is 9.84 Å². The highest BCUT2D eigenvalue weighted by molar-refractivity contribution is 7.93. The van der Waals surface area contributed by atoms with Gasteiger partial charge in [-0.2, -0.15) is 0 Å². The quantitative estimate of drug-likeness (QED) is 0.743. The zero-order chi connectivity index (χ0) is 17.9. The van der Waals surface area contributed by atoms with E-state index < -0.39 is 9.84 Å². The predicted molar refractivity (Wildman–Crippen MR) is 94.2 cm³/mol. The third-order valence-electron chi connectivity index (χ3n) is 3.45. The first-order valence-electron chi connectivity index (χ1n) is 7.41. The van der Waals surface area contributed by atoms with Crippen LogP contribution in [0.15, 0.2) is 64.1 Å². The molecule has 8 heteroatoms. The molecule has 0 atom stereocenters. The molecule has 2 aromatic heterocycles. The Labute approximate surface area is 149 Å². The smallest absolute Gasteiger partial charge is 0.261 e. The molecule has 25 heavy (non-hydrogen) atoms. The van der Waals surface area contributed by atoms with Crippen LogP contribution in [0.1, 0.15) is 20.9 Å². The summed E-state index contributed by atoms with van der Waals surface area (Å²) in [7, 11) is -3.62. The second-order valence-electron chi connectivity index (χ2n) is 5.31. The maximum Gasteiger partial charge on any atom is 0.261 e. The van der Waals surface area contributed by atoms with E-state index in [9.17, 15) is 13.2 Å². The van der Waals surface area contributed by atoms with Crippen molar-refractivity contribution in [3.05, 3.63) is 71.1 Å². The van der Waals surface area contributed by atoms with Gasteiger partial charge >= 0.3 is 0 Å². The van der Waals surface area contributed by atoms with Gasteiger partial charge in [-0.1, -0.05) is 17.7 Å². The van der Waals surface area contributed by atoms with Crippen molar-refractivity contribution in [2.24, 2.45) is 0 Å². The molecule has 1 amide bonds. The second-order valence-corrected chi connectivity index (χ2v) is 8.57. The van der Waals surface area contributed by atoms with Crippen molar-refractivity contribution in [2.75, 3.05) is 0 Å². The van der Waals surface area contributed by atoms with E-state index in [1.807, 2.05) is 6.92 Å². The molecule has 0 aliphatic carbocycles. The summed E-state index contributed by atoms with van der Waals surface area (Å²) < 4.78 is 25.4. The van der Waals surface area contributed by atoms with Crippen LogP contribution in [-0.2, 0) is 16.4 Å². The third-order valence-corrected chi connectivity index (χ3v) is 6.79. The minimum absolute atomic E-state index is 0.140. The van der Waals surface area contributed by atoms with Crippen molar-refractivity contribution >= 4 is 27.1 Å². The topological polar surface area (TPSA) is 89.0 Å². The highest BCUT2D eigenvalue weighted by Crippen LogP contribution is 2.28. The summed E-state index contributed by atoms with van der Waals surface area (Å²) in [6.45, 7) is 2.12. The molecule has 0 aliphatic rings. The monoisotopic (exact) mass is 373 g/mol. The fourth-order valence-corrected chi connectivity index (χ4v) is 4.72. The number of aromatic nitrogens is 2. The number of thiophene rings is 1. The van der Waals surface area contributed by atoms with E-state index in [-0.39, 0.29) is 21.6 Å². The van der Waals surface area contributed by atoms with Gasteiger partial charge in [-0.3, -0.25) is 14.8 Å². The van der Waals surface area contributed by atoms with E-state index in [1.165, 1.54) is 12.1 Å². The first kappa shape index (κ1) is 17.2. The molecule has 3 rings (SSSR count). The number of carbonyl (C=O) groups is 1. The summed E-state index contributed by atoms with van der Waals surface area (Å²) in [5.41, 5.74) is 1.61. The number of benzene rings is 1. The maximum atomic E-state index is 12.6. The van der Waals surface area contributed by atoms with Gasteiger partial charge in [0.15, 0.2) is 0 Å². The van der Waals surface area contributed by atoms with Gasteiger partial charge in [-0.05, 0) is 31.2 Å². The van der Waals surface area contributed by atoms with Crippen LogP contribution in [0.3, 0.4) is 0 Å². The van der Waals surface area contributed by atoms with E-state index >= 15 is 0 Å². The van der Waals surface area contributed by atoms with E-state index in [0.29, 0.717) is 10.6 Å². The molecule has 3 aromatic rings. The van der Waals surface area contributed by atoms with Gasteiger partial charge in [-0.15, -0.1) is 11.3 Å². The molecule has 128 valence electrons. The standard InChI is InChI=1S/C17H15N3O3S2/c1-12-2-4-14(5-3-12)25(22,23)16-7-6-15(24-16)17(21)20-11-13-10-18-8-9-19-13/h2-10H,11H2,1H3,(H,20,21). The first-order chi connectivity index (χ1) is 12.0. The van der Waals surface area contributed by atoms with Crippen molar-refractivity contribution in [3.63, 3.8) is 0 Å². The zero-order valence-corrected chi connectivity index (χ0v) is 15.0. The highest BCUT2D eigenvalue weighted by atomic mass is 32.2. The number of carbonyl (C=O) groups excluding carboxylic acids is 1. The summed E-state index contributed by atoms with van der Waals surface area (Å²) in [5, 5.41) is 2.70. The van der Waals surface area contributed by atoms with Gasteiger partial charge in [-0.25, -0.2) is 8.42 Å². The highest BCUT2D eigenvalue weighted by Gasteiger charge is 2.21. The van der Waals surface area contributed by atoms with Crippen LogP contribution in [0.4, 0.5) is 0 Å². The van der Waals surface area contributed by atoms with Crippen molar-refractivity contribution in [1.82, 2.24) is 15.3 Å². The summed E-state index contributed by atoms with van der Waals surface area (Å²) in [6, 6.07) is 9.59. The van der Waals surface area contributed by atoms with E-state index in [0.717, 1.165) is 16.9 Å². The van der Waals surface area contributed by atoms with Crippen LogP contribution in [0.2, 0.25) is 0 Å². The average Bonchev–Trinajstić information content (AvgIpc) is 3.12. The Morgan fingerprint density at radius 3 is 2.56 bits per heavy atom. The molecule has 1 N–H and O–H groups in total. The number of nitrogens with zero attached hydrogens (tertiary/aromatic N) is 2. The number of sulfone groups is 1. The number of amides is 1. The number of hydrogen-bond donors (Lipinski definition) is 1. The molecule has 1 aromatic carbocycles. The molecule has 0 spiro atoms. The van der Waals surface area contributed by atoms with Crippen molar-refractivity contribution < 1.29 is 13.2 Å². The molecule has 0 fully saturated rings. The van der Waals surface area contributed by atoms with Crippen LogP contribution in [-0.4, -0.2) is 24.3 Å². The fourth-order valence-electron chi connectivity index (χ4n) is 2.10. The minimum atomic E-state index is -3.62. The minimum Gasteiger partial charge on any atom is -0.346 e. The van der Waals surface area contributed by atoms with Gasteiger partial charge in [0, 0.05) is 12.4 Å². The lowest BCUT2D eigenvalue weighted by Crippen LogP contribution is -2.22. The van der Waals surface area contributed by atoms with Crippen LogP contribution in [0.25, 0.3) is 0 Å². The lowest BCUT2D eigenvalue weighted by Gasteiger charge is -2.03. The van der Waals surface area contributed by atoms with E-state index in [2.05, 4.69) is 15.3 Å². The second kappa shape index (κ2) is 7.12. The van der Waals surface area contributed by atoms with Crippen LogP contribution >= 0.6 is 11.3 Å². The van der Waals surface area contributed by atoms with E-state index in [4.69, 9.17) is 0 Å². The molecule has 0 radical (unpaired) electrons. The SMILES string of the molecule is Cc1ccc(S(=O)(=O)c2ccc(C(=O)NCc3cnccn3)s2)cc1. The molecule has 0 saturated carbocycles. The summed E-state index contributed by atoms with van der Waals surface area (Å²) >= 11 is 0.946. The molecule has 0 aliphatic heterocycles. The largest absolute Gasteiger partial charge is 0.346 e. The molecule has 0 saturated heterocycles. The maximum absolute atomic E-state index is 12.6. The Morgan fingerprint density at radius 2 is 1.88 bits per heavy atom. The zero-order valence-electron chi connectivity index (χ0n) is 13.3. The molecule has 2 heterocycles. The Balaban J connectivity index is 1.75. The Bertz CT molecular complexity index is 981. The normalized spacial score (nSPS) is 11.2. The average molecular weight is 373 g/mol. The lowest BCUT2D eigenvalue weighted by molar-refractivity contribution is 0.0954. The van der Waals surface area contributed by atoms with Crippen molar-refractivity contribution in [2.45, 2.75) is 22.6 Å². The van der Waals surface area contributed by atoms with Gasteiger partial charge in [0.1, 0.15) is 4.21 Å². The van der Waals surface area contributed by atoms with Crippen LogP contribution in [0, 0.1) is 6.92 Å². The summed E-state index contributed by atoms with van der Waals surface area (Å²) in [4.78, 5) is 20.7. The number of aryl methyl sites for hydroxylation is 1. The number of hydrogen-bond acceptors (Lipinski definition) is 6. The van der Waals surface area contributed by atoms with Crippen molar-refractivity contribution in [3.8, 4) is 0 Å². The lowest BCUT2D eigenvalue weighted by atomic mass is 10.2. The van der Waals surface area contributed by atoms with Crippen molar-refractivity contribution in [1.29, 1.82) is 0 Å². The number of nitrogens with one attached hydrogen (secondary N) is 1. The Kier molecular flexibility index (Phi) is 4.91. The van der Waals surface area contributed by atoms with Gasteiger partial charge < -0.3 is 5.32 Å². The molecular formula is C17H15N3O3S2.